The first kappa shape index (κ1) is 8.76. The maximum atomic E-state index is 2.44. The standard InChI is InChI=1S/C12H17N/c1-10-12-8-4-3-6-11(12)7-5-9-13(10)2/h3-4,6,8,10H,5,7,9H2,1-2H3/t10-/m1/s1. The van der Waals surface area contributed by atoms with Crippen molar-refractivity contribution in [1.29, 1.82) is 0 Å². The van der Waals surface area contributed by atoms with Crippen LogP contribution in [-0.4, -0.2) is 18.5 Å². The van der Waals surface area contributed by atoms with E-state index in [9.17, 15) is 0 Å². The summed E-state index contributed by atoms with van der Waals surface area (Å²) in [4.78, 5) is 2.44. The third-order valence-corrected chi connectivity index (χ3v) is 3.12. The van der Waals surface area contributed by atoms with Gasteiger partial charge in [-0.1, -0.05) is 24.3 Å². The maximum Gasteiger partial charge on any atom is 0.0319 e. The second kappa shape index (κ2) is 3.51. The molecule has 1 aliphatic rings. The molecule has 0 aliphatic carbocycles. The molecule has 2 rings (SSSR count). The number of rotatable bonds is 0. The summed E-state index contributed by atoms with van der Waals surface area (Å²) in [7, 11) is 2.22. The van der Waals surface area contributed by atoms with Gasteiger partial charge in [0.2, 0.25) is 0 Å². The molecule has 0 radical (unpaired) electrons. The molecule has 0 unspecified atom stereocenters. The predicted molar refractivity (Wildman–Crippen MR) is 55.8 cm³/mol. The molecule has 0 amide bonds. The van der Waals surface area contributed by atoms with Crippen LogP contribution in [0.15, 0.2) is 24.3 Å². The minimum atomic E-state index is 0.582. The second-order valence-corrected chi connectivity index (χ2v) is 3.96. The summed E-state index contributed by atoms with van der Waals surface area (Å²) in [6.07, 6.45) is 2.53. The summed E-state index contributed by atoms with van der Waals surface area (Å²) in [5.41, 5.74) is 3.06. The number of hydrogen-bond donors (Lipinski definition) is 0. The van der Waals surface area contributed by atoms with Crippen molar-refractivity contribution < 1.29 is 0 Å². The Hall–Kier alpha value is -0.820. The Morgan fingerprint density at radius 1 is 1.31 bits per heavy atom. The SMILES string of the molecule is C[C@@H]1c2ccccc2CCCN1C. The minimum absolute atomic E-state index is 0.582. The van der Waals surface area contributed by atoms with Gasteiger partial charge in [0.15, 0.2) is 0 Å². The van der Waals surface area contributed by atoms with E-state index in [1.807, 2.05) is 0 Å². The number of hydrogen-bond acceptors (Lipinski definition) is 1. The molecule has 0 spiro atoms. The average molecular weight is 175 g/mol. The first-order valence-corrected chi connectivity index (χ1v) is 5.07. The molecular formula is C12H17N. The summed E-state index contributed by atoms with van der Waals surface area (Å²) in [5.74, 6) is 0. The van der Waals surface area contributed by atoms with Gasteiger partial charge in [0, 0.05) is 6.04 Å². The van der Waals surface area contributed by atoms with Crippen molar-refractivity contribution >= 4 is 0 Å². The lowest BCUT2D eigenvalue weighted by Gasteiger charge is -2.22. The molecule has 70 valence electrons. The van der Waals surface area contributed by atoms with Crippen LogP contribution in [0.5, 0.6) is 0 Å². The lowest BCUT2D eigenvalue weighted by Crippen LogP contribution is -2.21. The van der Waals surface area contributed by atoms with Crippen LogP contribution < -0.4 is 0 Å². The maximum absolute atomic E-state index is 2.44. The van der Waals surface area contributed by atoms with Gasteiger partial charge < -0.3 is 0 Å². The van der Waals surface area contributed by atoms with Crippen molar-refractivity contribution in [3.8, 4) is 0 Å². The first-order chi connectivity index (χ1) is 6.29. The fourth-order valence-corrected chi connectivity index (χ4v) is 2.12. The molecular weight excluding hydrogens is 158 g/mol. The lowest BCUT2D eigenvalue weighted by molar-refractivity contribution is 0.267. The van der Waals surface area contributed by atoms with Gasteiger partial charge in [-0.3, -0.25) is 4.90 Å². The van der Waals surface area contributed by atoms with Crippen molar-refractivity contribution in [1.82, 2.24) is 4.90 Å². The van der Waals surface area contributed by atoms with Crippen LogP contribution in [0.2, 0.25) is 0 Å². The van der Waals surface area contributed by atoms with Crippen LogP contribution in [0.25, 0.3) is 0 Å². The van der Waals surface area contributed by atoms with Gasteiger partial charge in [0.1, 0.15) is 0 Å². The molecule has 1 nitrogen and oxygen atoms in total. The zero-order chi connectivity index (χ0) is 9.26. The molecule has 0 fully saturated rings. The molecule has 1 aromatic rings. The Kier molecular flexibility index (Phi) is 2.36. The third-order valence-electron chi connectivity index (χ3n) is 3.12. The van der Waals surface area contributed by atoms with E-state index in [2.05, 4.69) is 43.1 Å². The highest BCUT2D eigenvalue weighted by Crippen LogP contribution is 2.26. The Balaban J connectivity index is 2.40. The highest BCUT2D eigenvalue weighted by Gasteiger charge is 2.17. The Labute approximate surface area is 80.4 Å². The molecule has 0 saturated heterocycles. The fraction of sp³-hybridized carbons (Fsp3) is 0.500. The van der Waals surface area contributed by atoms with E-state index in [0.29, 0.717) is 6.04 Å². The van der Waals surface area contributed by atoms with Crippen LogP contribution in [0.3, 0.4) is 0 Å². The Morgan fingerprint density at radius 2 is 2.08 bits per heavy atom. The quantitative estimate of drug-likeness (QED) is 0.586. The van der Waals surface area contributed by atoms with Crippen LogP contribution in [0.1, 0.15) is 30.5 Å². The largest absolute Gasteiger partial charge is 0.300 e. The van der Waals surface area contributed by atoms with E-state index in [-0.39, 0.29) is 0 Å². The van der Waals surface area contributed by atoms with E-state index in [0.717, 1.165) is 0 Å². The van der Waals surface area contributed by atoms with Crippen molar-refractivity contribution in [3.63, 3.8) is 0 Å². The van der Waals surface area contributed by atoms with Gasteiger partial charge in [0.05, 0.1) is 0 Å². The number of benzene rings is 1. The van der Waals surface area contributed by atoms with Crippen molar-refractivity contribution in [2.24, 2.45) is 0 Å². The van der Waals surface area contributed by atoms with Gasteiger partial charge in [-0.05, 0) is 44.5 Å². The highest BCUT2D eigenvalue weighted by atomic mass is 15.1. The molecule has 0 aromatic heterocycles. The van der Waals surface area contributed by atoms with Gasteiger partial charge >= 0.3 is 0 Å². The Bertz CT molecular complexity index is 293. The first-order valence-electron chi connectivity index (χ1n) is 5.07. The van der Waals surface area contributed by atoms with Gasteiger partial charge in [0.25, 0.3) is 0 Å². The molecule has 1 heteroatoms. The molecule has 1 aliphatic heterocycles. The minimum Gasteiger partial charge on any atom is -0.300 e. The summed E-state index contributed by atoms with van der Waals surface area (Å²) >= 11 is 0. The van der Waals surface area contributed by atoms with Crippen LogP contribution in [0, 0.1) is 0 Å². The van der Waals surface area contributed by atoms with Gasteiger partial charge in [-0.15, -0.1) is 0 Å². The summed E-state index contributed by atoms with van der Waals surface area (Å²) in [6.45, 7) is 3.51. The highest BCUT2D eigenvalue weighted by molar-refractivity contribution is 5.30. The second-order valence-electron chi connectivity index (χ2n) is 3.96. The van der Waals surface area contributed by atoms with Gasteiger partial charge in [-0.25, -0.2) is 0 Å². The number of fused-ring (bicyclic) bond motifs is 1. The summed E-state index contributed by atoms with van der Waals surface area (Å²) in [5, 5.41) is 0. The zero-order valence-corrected chi connectivity index (χ0v) is 8.46. The average Bonchev–Trinajstić information content (AvgIpc) is 2.29. The molecule has 1 heterocycles. The smallest absolute Gasteiger partial charge is 0.0319 e. The number of nitrogens with zero attached hydrogens (tertiary/aromatic N) is 1. The van der Waals surface area contributed by atoms with E-state index in [4.69, 9.17) is 0 Å². The van der Waals surface area contributed by atoms with Crippen LogP contribution in [0.4, 0.5) is 0 Å². The number of aryl methyl sites for hydroxylation is 1. The van der Waals surface area contributed by atoms with Crippen molar-refractivity contribution in [2.45, 2.75) is 25.8 Å². The molecule has 1 atom stereocenters. The normalized spacial score (nSPS) is 23.7. The summed E-state index contributed by atoms with van der Waals surface area (Å²) < 4.78 is 0. The predicted octanol–water partition coefficient (Wildman–Crippen LogP) is 2.63. The summed E-state index contributed by atoms with van der Waals surface area (Å²) in [6, 6.07) is 9.41. The zero-order valence-electron chi connectivity index (χ0n) is 8.46. The van der Waals surface area contributed by atoms with Crippen molar-refractivity contribution in [2.75, 3.05) is 13.6 Å². The molecule has 1 aromatic carbocycles. The van der Waals surface area contributed by atoms with E-state index in [1.54, 1.807) is 5.56 Å². The molecule has 0 N–H and O–H groups in total. The molecule has 0 bridgehead atoms. The fourth-order valence-electron chi connectivity index (χ4n) is 2.12. The van der Waals surface area contributed by atoms with E-state index in [1.165, 1.54) is 24.9 Å². The van der Waals surface area contributed by atoms with E-state index >= 15 is 0 Å². The topological polar surface area (TPSA) is 3.24 Å². The Morgan fingerprint density at radius 3 is 2.92 bits per heavy atom. The van der Waals surface area contributed by atoms with Gasteiger partial charge in [-0.2, -0.15) is 0 Å². The van der Waals surface area contributed by atoms with Crippen LogP contribution in [-0.2, 0) is 6.42 Å². The van der Waals surface area contributed by atoms with E-state index < -0.39 is 0 Å². The van der Waals surface area contributed by atoms with Crippen molar-refractivity contribution in [3.05, 3.63) is 35.4 Å². The molecule has 0 saturated carbocycles. The van der Waals surface area contributed by atoms with Crippen LogP contribution >= 0.6 is 0 Å². The molecule has 13 heavy (non-hydrogen) atoms. The lowest BCUT2D eigenvalue weighted by atomic mass is 10.00. The monoisotopic (exact) mass is 175 g/mol. The third kappa shape index (κ3) is 1.61.